The molecule has 9 nitrogen and oxygen atoms in total. The molecule has 2 aromatic carbocycles. The molecule has 0 saturated heterocycles. The molecule has 35 heavy (non-hydrogen) atoms. The number of carbonyl (C=O) groups is 3. The van der Waals surface area contributed by atoms with Gasteiger partial charge in [0.15, 0.2) is 11.6 Å². The number of rotatable bonds is 15. The van der Waals surface area contributed by atoms with Crippen LogP contribution < -0.4 is 5.73 Å². The summed E-state index contributed by atoms with van der Waals surface area (Å²) in [6, 6.07) is 6.75. The second-order valence-corrected chi connectivity index (χ2v) is 8.14. The standard InChI is InChI=1S/C26H31NO8/c27-8-4-10-34-12-14-35-13-11-33-9-2-1-6-20(28)17-15-19-24(22(30)16-17)26(32)23-18(25(19)31)5-3-7-21(23)29/h3,5,7,15-16,29-30H,1-2,4,6,8-14,27H2. The van der Waals surface area contributed by atoms with Gasteiger partial charge < -0.3 is 30.2 Å². The lowest BCUT2D eigenvalue weighted by molar-refractivity contribution is 0.0138. The molecule has 4 N–H and O–H groups in total. The lowest BCUT2D eigenvalue weighted by Crippen LogP contribution is -2.22. The number of ether oxygens (including phenoxy) is 3. The summed E-state index contributed by atoms with van der Waals surface area (Å²) in [5.74, 6) is -2.20. The van der Waals surface area contributed by atoms with E-state index in [1.807, 2.05) is 0 Å². The molecule has 0 fully saturated rings. The zero-order valence-corrected chi connectivity index (χ0v) is 19.6. The van der Waals surface area contributed by atoms with Crippen LogP contribution in [0.25, 0.3) is 0 Å². The normalized spacial score (nSPS) is 12.5. The summed E-state index contributed by atoms with van der Waals surface area (Å²) in [7, 11) is 0. The Kier molecular flexibility index (Phi) is 9.92. The van der Waals surface area contributed by atoms with E-state index in [1.165, 1.54) is 30.3 Å². The van der Waals surface area contributed by atoms with Gasteiger partial charge in [0.05, 0.1) is 37.6 Å². The average molecular weight is 486 g/mol. The first-order chi connectivity index (χ1) is 17.0. The van der Waals surface area contributed by atoms with Crippen molar-refractivity contribution in [2.24, 2.45) is 5.73 Å². The summed E-state index contributed by atoms with van der Waals surface area (Å²) in [6.07, 6.45) is 2.26. The van der Waals surface area contributed by atoms with Crippen LogP contribution in [0.3, 0.4) is 0 Å². The van der Waals surface area contributed by atoms with Crippen LogP contribution in [-0.2, 0) is 14.2 Å². The quantitative estimate of drug-likeness (QED) is 0.218. The van der Waals surface area contributed by atoms with E-state index in [-0.39, 0.29) is 45.8 Å². The van der Waals surface area contributed by atoms with Crippen LogP contribution in [-0.4, -0.2) is 73.7 Å². The second kappa shape index (κ2) is 13.1. The molecule has 0 aliphatic heterocycles. The zero-order chi connectivity index (χ0) is 25.2. The van der Waals surface area contributed by atoms with Crippen molar-refractivity contribution < 1.29 is 38.8 Å². The molecule has 1 aliphatic rings. The second-order valence-electron chi connectivity index (χ2n) is 8.14. The van der Waals surface area contributed by atoms with E-state index in [9.17, 15) is 24.6 Å². The third-order valence-electron chi connectivity index (χ3n) is 5.60. The maximum Gasteiger partial charge on any atom is 0.201 e. The third-order valence-corrected chi connectivity index (χ3v) is 5.60. The minimum absolute atomic E-state index is 0.0374. The minimum atomic E-state index is -0.649. The Morgan fingerprint density at radius 3 is 2.06 bits per heavy atom. The smallest absolute Gasteiger partial charge is 0.201 e. The van der Waals surface area contributed by atoms with E-state index in [0.717, 1.165) is 6.42 Å². The number of benzene rings is 2. The van der Waals surface area contributed by atoms with Crippen molar-refractivity contribution in [3.63, 3.8) is 0 Å². The van der Waals surface area contributed by atoms with Crippen LogP contribution in [0.5, 0.6) is 11.5 Å². The van der Waals surface area contributed by atoms with E-state index < -0.39 is 17.3 Å². The van der Waals surface area contributed by atoms with E-state index >= 15 is 0 Å². The van der Waals surface area contributed by atoms with Crippen molar-refractivity contribution in [2.45, 2.75) is 25.7 Å². The van der Waals surface area contributed by atoms with Crippen LogP contribution in [0.4, 0.5) is 0 Å². The Hall–Kier alpha value is -3.11. The number of carbonyl (C=O) groups excluding carboxylic acids is 3. The van der Waals surface area contributed by atoms with Crippen LogP contribution in [0, 0.1) is 0 Å². The maximum atomic E-state index is 12.9. The molecular formula is C26H31NO8. The van der Waals surface area contributed by atoms with Crippen molar-refractivity contribution in [3.8, 4) is 11.5 Å². The Balaban J connectivity index is 1.43. The molecule has 188 valence electrons. The van der Waals surface area contributed by atoms with Crippen molar-refractivity contribution >= 4 is 17.3 Å². The monoisotopic (exact) mass is 485 g/mol. The van der Waals surface area contributed by atoms with Crippen LogP contribution in [0.15, 0.2) is 30.3 Å². The lowest BCUT2D eigenvalue weighted by atomic mass is 9.82. The Morgan fingerprint density at radius 1 is 0.743 bits per heavy atom. The van der Waals surface area contributed by atoms with Gasteiger partial charge in [0, 0.05) is 36.3 Å². The molecule has 0 atom stereocenters. The van der Waals surface area contributed by atoms with Crippen molar-refractivity contribution in [2.75, 3.05) is 46.2 Å². The molecular weight excluding hydrogens is 454 g/mol. The molecule has 2 aromatic rings. The predicted molar refractivity (Wildman–Crippen MR) is 127 cm³/mol. The molecule has 0 radical (unpaired) electrons. The third kappa shape index (κ3) is 6.73. The van der Waals surface area contributed by atoms with Gasteiger partial charge in [-0.05, 0) is 44.0 Å². The lowest BCUT2D eigenvalue weighted by Gasteiger charge is -2.20. The van der Waals surface area contributed by atoms with Crippen LogP contribution >= 0.6 is 0 Å². The predicted octanol–water partition coefficient (Wildman–Crippen LogP) is 2.62. The Morgan fingerprint density at radius 2 is 1.37 bits per heavy atom. The van der Waals surface area contributed by atoms with Gasteiger partial charge in [-0.3, -0.25) is 14.4 Å². The molecule has 0 saturated carbocycles. The van der Waals surface area contributed by atoms with Crippen LogP contribution in [0.1, 0.15) is 67.9 Å². The van der Waals surface area contributed by atoms with Gasteiger partial charge in [-0.2, -0.15) is 0 Å². The first-order valence-electron chi connectivity index (χ1n) is 11.7. The molecule has 1 aliphatic carbocycles. The number of ketones is 3. The zero-order valence-electron chi connectivity index (χ0n) is 19.6. The Labute approximate surface area is 203 Å². The summed E-state index contributed by atoms with van der Waals surface area (Å²) in [5.41, 5.74) is 5.21. The molecule has 0 unspecified atom stereocenters. The topological polar surface area (TPSA) is 145 Å². The van der Waals surface area contributed by atoms with Gasteiger partial charge in [0.25, 0.3) is 0 Å². The van der Waals surface area contributed by atoms with E-state index in [4.69, 9.17) is 19.9 Å². The molecule has 9 heteroatoms. The fourth-order valence-corrected chi connectivity index (χ4v) is 3.80. The van der Waals surface area contributed by atoms with Gasteiger partial charge >= 0.3 is 0 Å². The molecule has 0 aromatic heterocycles. The highest BCUT2D eigenvalue weighted by molar-refractivity contribution is 6.30. The number of unbranched alkanes of at least 4 members (excludes halogenated alkanes) is 1. The van der Waals surface area contributed by atoms with Gasteiger partial charge in [0.1, 0.15) is 11.5 Å². The number of fused-ring (bicyclic) bond motifs is 2. The molecule has 0 heterocycles. The highest BCUT2D eigenvalue weighted by Gasteiger charge is 2.34. The van der Waals surface area contributed by atoms with Crippen molar-refractivity contribution in [1.82, 2.24) is 0 Å². The molecule has 0 bridgehead atoms. The number of phenols is 2. The maximum absolute atomic E-state index is 12.9. The summed E-state index contributed by atoms with van der Waals surface area (Å²) in [5, 5.41) is 20.4. The first kappa shape index (κ1) is 26.5. The molecule has 0 spiro atoms. The molecule has 0 amide bonds. The van der Waals surface area contributed by atoms with Crippen LogP contribution in [0.2, 0.25) is 0 Å². The van der Waals surface area contributed by atoms with E-state index in [2.05, 4.69) is 0 Å². The average Bonchev–Trinajstić information content (AvgIpc) is 2.84. The minimum Gasteiger partial charge on any atom is -0.507 e. The van der Waals surface area contributed by atoms with Crippen molar-refractivity contribution in [1.29, 1.82) is 0 Å². The highest BCUT2D eigenvalue weighted by Crippen LogP contribution is 2.37. The van der Waals surface area contributed by atoms with Crippen molar-refractivity contribution in [3.05, 3.63) is 58.1 Å². The number of hydrogen-bond donors (Lipinski definition) is 3. The van der Waals surface area contributed by atoms with E-state index in [1.54, 1.807) is 0 Å². The summed E-state index contributed by atoms with van der Waals surface area (Å²) in [4.78, 5) is 38.3. The van der Waals surface area contributed by atoms with E-state index in [0.29, 0.717) is 59.0 Å². The number of aromatic hydroxyl groups is 2. The summed E-state index contributed by atoms with van der Waals surface area (Å²) in [6.45, 7) is 3.65. The first-order valence-corrected chi connectivity index (χ1v) is 11.7. The summed E-state index contributed by atoms with van der Waals surface area (Å²) < 4.78 is 16.2. The Bertz CT molecular complexity index is 1070. The number of phenolic OH excluding ortho intramolecular Hbond substituents is 2. The summed E-state index contributed by atoms with van der Waals surface area (Å²) >= 11 is 0. The fourth-order valence-electron chi connectivity index (χ4n) is 3.80. The van der Waals surface area contributed by atoms with Gasteiger partial charge in [-0.15, -0.1) is 0 Å². The van der Waals surface area contributed by atoms with Gasteiger partial charge in [-0.1, -0.05) is 12.1 Å². The fraction of sp³-hybridized carbons (Fsp3) is 0.423. The number of Topliss-reactive ketones (excluding diaryl/α,β-unsaturated/α-hetero) is 1. The van der Waals surface area contributed by atoms with Gasteiger partial charge in [0.2, 0.25) is 5.78 Å². The van der Waals surface area contributed by atoms with Gasteiger partial charge in [-0.25, -0.2) is 0 Å². The number of nitrogens with two attached hydrogens (primary N) is 1. The number of hydrogen-bond acceptors (Lipinski definition) is 9. The molecule has 3 rings (SSSR count). The largest absolute Gasteiger partial charge is 0.507 e. The highest BCUT2D eigenvalue weighted by atomic mass is 16.5. The SMILES string of the molecule is NCCCOCCOCCOCCCCC(=O)c1cc(O)c2c(c1)C(=O)c1cccc(O)c1C2=O.